The number of carbonyl (C=O) groups excluding carboxylic acids is 1. The van der Waals surface area contributed by atoms with Crippen molar-refractivity contribution in [1.29, 1.82) is 0 Å². The van der Waals surface area contributed by atoms with Gasteiger partial charge in [-0.3, -0.25) is 9.78 Å². The Bertz CT molecular complexity index is 1190. The van der Waals surface area contributed by atoms with E-state index in [0.717, 1.165) is 5.56 Å². The molecule has 1 aliphatic rings. The van der Waals surface area contributed by atoms with E-state index < -0.39 is 0 Å². The van der Waals surface area contributed by atoms with Gasteiger partial charge in [0.1, 0.15) is 11.5 Å². The number of aromatic hydroxyl groups is 1. The maximum atomic E-state index is 13.1. The molecule has 2 N–H and O–H groups in total. The van der Waals surface area contributed by atoms with Crippen LogP contribution < -0.4 is 19.5 Å². The van der Waals surface area contributed by atoms with Gasteiger partial charge in [-0.15, -0.1) is 0 Å². The number of para-hydroxylation sites is 1. The van der Waals surface area contributed by atoms with E-state index in [1.807, 2.05) is 24.3 Å². The summed E-state index contributed by atoms with van der Waals surface area (Å²) in [6, 6.07) is 10.9. The molecule has 7 nitrogen and oxygen atoms in total. The van der Waals surface area contributed by atoms with Gasteiger partial charge >= 0.3 is 0 Å². The van der Waals surface area contributed by atoms with E-state index in [0.29, 0.717) is 52.6 Å². The Hall–Kier alpha value is -3.84. The van der Waals surface area contributed by atoms with Crippen LogP contribution in [-0.2, 0) is 13.1 Å². The molecule has 2 heterocycles. The van der Waals surface area contributed by atoms with Crippen LogP contribution >= 0.6 is 0 Å². The van der Waals surface area contributed by atoms with Crippen LogP contribution in [-0.4, -0.2) is 30.1 Å². The van der Waals surface area contributed by atoms with Gasteiger partial charge in [-0.05, 0) is 42.8 Å². The van der Waals surface area contributed by atoms with Crippen LogP contribution in [0.3, 0.4) is 0 Å². The highest BCUT2D eigenvalue weighted by Crippen LogP contribution is 2.42. The van der Waals surface area contributed by atoms with Gasteiger partial charge < -0.3 is 24.6 Å². The summed E-state index contributed by atoms with van der Waals surface area (Å²) in [6.07, 6.45) is 5.09. The number of Topliss-reactive ketones (excluding diaryl/α,β-unsaturated/α-hetero) is 1. The van der Waals surface area contributed by atoms with E-state index in [-0.39, 0.29) is 17.3 Å². The standard InChI is InChI=1S/C25H24N2O5/c1-15-22(28)18(14-27-13-16-7-9-26-10-8-16)11-19-23(29)21(32-24(15)19)12-17-5-4-6-20(30-2)25(17)31-3/h4-12,27-28H,13-14H2,1-3H3/b21-12-. The van der Waals surface area contributed by atoms with Gasteiger partial charge in [0, 0.05) is 42.2 Å². The summed E-state index contributed by atoms with van der Waals surface area (Å²) < 4.78 is 16.6. The maximum Gasteiger partial charge on any atom is 0.231 e. The second-order valence-electron chi connectivity index (χ2n) is 7.37. The lowest BCUT2D eigenvalue weighted by Gasteiger charge is -2.12. The highest BCUT2D eigenvalue weighted by molar-refractivity contribution is 6.15. The van der Waals surface area contributed by atoms with Crippen LogP contribution in [0.5, 0.6) is 23.0 Å². The summed E-state index contributed by atoms with van der Waals surface area (Å²) in [5.74, 6) is 1.47. The largest absolute Gasteiger partial charge is 0.507 e. The number of carbonyl (C=O) groups is 1. The smallest absolute Gasteiger partial charge is 0.231 e. The number of ketones is 1. The molecule has 0 fully saturated rings. The normalized spacial score (nSPS) is 13.7. The molecule has 0 radical (unpaired) electrons. The first kappa shape index (κ1) is 21.4. The monoisotopic (exact) mass is 432 g/mol. The first-order valence-electron chi connectivity index (χ1n) is 10.1. The van der Waals surface area contributed by atoms with Gasteiger partial charge in [-0.2, -0.15) is 0 Å². The van der Waals surface area contributed by atoms with E-state index in [4.69, 9.17) is 14.2 Å². The van der Waals surface area contributed by atoms with Gasteiger partial charge in [0.2, 0.25) is 5.78 Å². The highest BCUT2D eigenvalue weighted by Gasteiger charge is 2.31. The van der Waals surface area contributed by atoms with Crippen LogP contribution in [0.4, 0.5) is 0 Å². The Morgan fingerprint density at radius 1 is 1.12 bits per heavy atom. The van der Waals surface area contributed by atoms with E-state index in [9.17, 15) is 9.90 Å². The molecule has 0 amide bonds. The van der Waals surface area contributed by atoms with Crippen LogP contribution in [0.25, 0.3) is 6.08 Å². The van der Waals surface area contributed by atoms with Crippen molar-refractivity contribution < 1.29 is 24.1 Å². The molecule has 1 aromatic heterocycles. The number of benzene rings is 2. The third kappa shape index (κ3) is 4.02. The molecule has 0 bridgehead atoms. The van der Waals surface area contributed by atoms with E-state index in [1.165, 1.54) is 0 Å². The molecular weight excluding hydrogens is 408 g/mol. The number of rotatable bonds is 7. The summed E-state index contributed by atoms with van der Waals surface area (Å²) in [7, 11) is 3.09. The van der Waals surface area contributed by atoms with E-state index in [1.54, 1.807) is 51.7 Å². The molecule has 0 spiro atoms. The van der Waals surface area contributed by atoms with Crippen LogP contribution in [0.15, 0.2) is 54.6 Å². The molecule has 7 heteroatoms. The molecule has 0 atom stereocenters. The number of phenols is 1. The highest BCUT2D eigenvalue weighted by atomic mass is 16.5. The van der Waals surface area contributed by atoms with Gasteiger partial charge in [-0.25, -0.2) is 0 Å². The lowest BCUT2D eigenvalue weighted by atomic mass is 10.0. The van der Waals surface area contributed by atoms with Crippen molar-refractivity contribution in [3.05, 3.63) is 82.4 Å². The van der Waals surface area contributed by atoms with Crippen molar-refractivity contribution in [2.24, 2.45) is 0 Å². The molecule has 1 aliphatic heterocycles. The zero-order valence-corrected chi connectivity index (χ0v) is 18.1. The van der Waals surface area contributed by atoms with Gasteiger partial charge in [0.05, 0.1) is 19.8 Å². The molecule has 0 unspecified atom stereocenters. The van der Waals surface area contributed by atoms with Gasteiger partial charge in [-0.1, -0.05) is 12.1 Å². The number of ether oxygens (including phenoxy) is 3. The minimum atomic E-state index is -0.247. The zero-order chi connectivity index (χ0) is 22.7. The topological polar surface area (TPSA) is 89.9 Å². The van der Waals surface area contributed by atoms with Crippen molar-refractivity contribution in [1.82, 2.24) is 10.3 Å². The number of fused-ring (bicyclic) bond motifs is 1. The predicted molar refractivity (Wildman–Crippen MR) is 120 cm³/mol. The third-order valence-corrected chi connectivity index (χ3v) is 5.36. The number of hydrogen-bond donors (Lipinski definition) is 2. The van der Waals surface area contributed by atoms with E-state index in [2.05, 4.69) is 10.3 Å². The Morgan fingerprint density at radius 3 is 2.62 bits per heavy atom. The molecule has 0 aliphatic carbocycles. The quantitative estimate of drug-likeness (QED) is 0.545. The number of nitrogens with one attached hydrogen (secondary N) is 1. The Morgan fingerprint density at radius 2 is 1.91 bits per heavy atom. The fourth-order valence-corrected chi connectivity index (χ4v) is 3.69. The first-order chi connectivity index (χ1) is 15.5. The summed E-state index contributed by atoms with van der Waals surface area (Å²) in [5, 5.41) is 14.0. The number of allylic oxidation sites excluding steroid dienone is 1. The molecule has 3 aromatic rings. The first-order valence-corrected chi connectivity index (χ1v) is 10.1. The summed E-state index contributed by atoms with van der Waals surface area (Å²) in [4.78, 5) is 17.1. The number of phenolic OH excluding ortho intramolecular Hbond substituents is 1. The average molecular weight is 432 g/mol. The number of pyridine rings is 1. The zero-order valence-electron chi connectivity index (χ0n) is 18.1. The second-order valence-corrected chi connectivity index (χ2v) is 7.37. The number of aromatic nitrogens is 1. The van der Waals surface area contributed by atoms with Crippen molar-refractivity contribution in [2.75, 3.05) is 14.2 Å². The molecule has 164 valence electrons. The fraction of sp³-hybridized carbons (Fsp3) is 0.200. The molecule has 4 rings (SSSR count). The molecular formula is C25H24N2O5. The van der Waals surface area contributed by atoms with Crippen LogP contribution in [0.2, 0.25) is 0 Å². The lowest BCUT2D eigenvalue weighted by Crippen LogP contribution is -2.13. The second kappa shape index (κ2) is 9.11. The molecule has 32 heavy (non-hydrogen) atoms. The Labute approximate surface area is 186 Å². The number of hydrogen-bond acceptors (Lipinski definition) is 7. The SMILES string of the molecule is COc1cccc(/C=C2\Oc3c(cc(CNCc4ccncc4)c(O)c3C)C2=O)c1OC. The van der Waals surface area contributed by atoms with Crippen molar-refractivity contribution >= 4 is 11.9 Å². The summed E-state index contributed by atoms with van der Waals surface area (Å²) >= 11 is 0. The Balaban J connectivity index is 1.60. The van der Waals surface area contributed by atoms with Gasteiger partial charge in [0.25, 0.3) is 0 Å². The average Bonchev–Trinajstić information content (AvgIpc) is 3.12. The minimum absolute atomic E-state index is 0.110. The molecule has 0 saturated heterocycles. The summed E-state index contributed by atoms with van der Waals surface area (Å²) in [5.41, 5.74) is 3.32. The van der Waals surface area contributed by atoms with Crippen molar-refractivity contribution in [3.8, 4) is 23.0 Å². The fourth-order valence-electron chi connectivity index (χ4n) is 3.69. The third-order valence-electron chi connectivity index (χ3n) is 5.36. The minimum Gasteiger partial charge on any atom is -0.507 e. The summed E-state index contributed by atoms with van der Waals surface area (Å²) in [6.45, 7) is 2.75. The van der Waals surface area contributed by atoms with Crippen molar-refractivity contribution in [2.45, 2.75) is 20.0 Å². The Kier molecular flexibility index (Phi) is 6.09. The van der Waals surface area contributed by atoms with E-state index >= 15 is 0 Å². The van der Waals surface area contributed by atoms with Crippen LogP contribution in [0, 0.1) is 6.92 Å². The number of methoxy groups -OCH3 is 2. The predicted octanol–water partition coefficient (Wildman–Crippen LogP) is 4.02. The van der Waals surface area contributed by atoms with Gasteiger partial charge in [0.15, 0.2) is 17.3 Å². The number of nitrogens with zero attached hydrogens (tertiary/aromatic N) is 1. The maximum absolute atomic E-state index is 13.1. The molecule has 0 saturated carbocycles. The lowest BCUT2D eigenvalue weighted by molar-refractivity contribution is 0.101. The van der Waals surface area contributed by atoms with Crippen LogP contribution in [0.1, 0.15) is 32.6 Å². The molecule has 2 aromatic carbocycles. The van der Waals surface area contributed by atoms with Crippen molar-refractivity contribution in [3.63, 3.8) is 0 Å².